The average molecular weight is 783 g/mol. The summed E-state index contributed by atoms with van der Waals surface area (Å²) in [6.45, 7) is 11.0. The highest BCUT2D eigenvalue weighted by atomic mass is 16.6. The largest absolute Gasteiger partial charge is 0.469 e. The Labute approximate surface area is 318 Å². The molecule has 0 spiro atoms. The lowest BCUT2D eigenvalue weighted by molar-refractivity contribution is -0.142. The maximum atomic E-state index is 11.8. The molecule has 314 valence electrons. The quantitative estimate of drug-likeness (QED) is 0.0457. The average Bonchev–Trinajstić information content (AvgIpc) is 3.50. The molecular formula is C35H62N2O17. The van der Waals surface area contributed by atoms with Crippen LogP contribution in [0.1, 0.15) is 12.8 Å². The number of hydrogen-bond acceptors (Lipinski definition) is 17. The summed E-state index contributed by atoms with van der Waals surface area (Å²) < 4.78 is 69.6. The number of carbonyl (C=O) groups excluding carboxylic acids is 4. The van der Waals surface area contributed by atoms with Gasteiger partial charge in [0.25, 0.3) is 11.8 Å². The second-order valence-corrected chi connectivity index (χ2v) is 10.9. The topological polar surface area (TPSA) is 204 Å². The van der Waals surface area contributed by atoms with E-state index in [9.17, 15) is 19.2 Å². The molecule has 54 heavy (non-hydrogen) atoms. The standard InChI is InChI=1S/C35H62N2O17/c1-42-35(41)5-8-43-10-12-45-14-16-47-18-20-49-22-24-51-26-28-53-30-31-54-29-27-52-25-23-50-21-19-48-17-15-46-13-11-44-9-6-36-32(38)4-7-37-33(39)2-3-34(37)40/h2-3H,4-31H2,1H3,(H,36,38). The summed E-state index contributed by atoms with van der Waals surface area (Å²) in [6.07, 6.45) is 2.67. The molecule has 1 aliphatic rings. The number of hydrogen-bond donors (Lipinski definition) is 1. The molecule has 0 radical (unpaired) electrons. The van der Waals surface area contributed by atoms with E-state index in [1.165, 1.54) is 19.3 Å². The van der Waals surface area contributed by atoms with Crippen molar-refractivity contribution in [3.63, 3.8) is 0 Å². The highest BCUT2D eigenvalue weighted by Gasteiger charge is 2.23. The van der Waals surface area contributed by atoms with Crippen molar-refractivity contribution in [2.45, 2.75) is 12.8 Å². The van der Waals surface area contributed by atoms with Crippen LogP contribution in [0.2, 0.25) is 0 Å². The van der Waals surface area contributed by atoms with Crippen LogP contribution in [-0.2, 0) is 80.8 Å². The maximum absolute atomic E-state index is 11.8. The predicted octanol–water partition coefficient (Wildman–Crippen LogP) is -0.820. The van der Waals surface area contributed by atoms with E-state index >= 15 is 0 Å². The number of nitrogens with one attached hydrogen (secondary N) is 1. The minimum absolute atomic E-state index is 0.0484. The van der Waals surface area contributed by atoms with Gasteiger partial charge in [-0.1, -0.05) is 0 Å². The molecule has 19 heteroatoms. The van der Waals surface area contributed by atoms with Crippen molar-refractivity contribution < 1.29 is 80.8 Å². The van der Waals surface area contributed by atoms with Crippen LogP contribution in [0.25, 0.3) is 0 Å². The molecule has 0 fully saturated rings. The zero-order valence-electron chi connectivity index (χ0n) is 31.8. The summed E-state index contributed by atoms with van der Waals surface area (Å²) in [4.78, 5) is 46.7. The molecule has 0 saturated heterocycles. The third-order valence-electron chi connectivity index (χ3n) is 6.80. The lowest BCUT2D eigenvalue weighted by atomic mass is 10.3. The van der Waals surface area contributed by atoms with Crippen LogP contribution in [-0.4, -0.2) is 207 Å². The zero-order chi connectivity index (χ0) is 39.0. The molecule has 0 bridgehead atoms. The van der Waals surface area contributed by atoms with Gasteiger partial charge in [0.15, 0.2) is 0 Å². The summed E-state index contributed by atoms with van der Waals surface area (Å²) in [6, 6.07) is 0. The monoisotopic (exact) mass is 782 g/mol. The normalized spacial score (nSPS) is 12.6. The maximum Gasteiger partial charge on any atom is 0.307 e. The fourth-order valence-corrected chi connectivity index (χ4v) is 3.99. The van der Waals surface area contributed by atoms with Gasteiger partial charge in [-0.25, -0.2) is 0 Å². The van der Waals surface area contributed by atoms with Crippen molar-refractivity contribution in [2.24, 2.45) is 0 Å². The van der Waals surface area contributed by atoms with E-state index in [0.29, 0.717) is 165 Å². The van der Waals surface area contributed by atoms with Crippen LogP contribution in [0.3, 0.4) is 0 Å². The van der Waals surface area contributed by atoms with Gasteiger partial charge in [-0.3, -0.25) is 24.1 Å². The highest BCUT2D eigenvalue weighted by Crippen LogP contribution is 2.04. The molecule has 0 saturated carbocycles. The highest BCUT2D eigenvalue weighted by molar-refractivity contribution is 6.13. The minimum Gasteiger partial charge on any atom is -0.469 e. The number of amides is 3. The molecule has 0 aromatic rings. The van der Waals surface area contributed by atoms with Crippen molar-refractivity contribution >= 4 is 23.7 Å². The minimum atomic E-state index is -0.400. The fourth-order valence-electron chi connectivity index (χ4n) is 3.99. The lowest BCUT2D eigenvalue weighted by Crippen LogP contribution is -2.35. The van der Waals surface area contributed by atoms with Gasteiger partial charge in [0, 0.05) is 31.7 Å². The molecule has 19 nitrogen and oxygen atoms in total. The number of methoxy groups -OCH3 is 1. The molecule has 3 amide bonds. The first kappa shape index (κ1) is 49.4. The first-order valence-electron chi connectivity index (χ1n) is 18.3. The van der Waals surface area contributed by atoms with Crippen LogP contribution in [0.4, 0.5) is 0 Å². The lowest BCUT2D eigenvalue weighted by Gasteiger charge is -2.13. The first-order chi connectivity index (χ1) is 26.5. The van der Waals surface area contributed by atoms with Crippen molar-refractivity contribution in [3.05, 3.63) is 12.2 Å². The third-order valence-corrected chi connectivity index (χ3v) is 6.80. The molecule has 0 aromatic carbocycles. The van der Waals surface area contributed by atoms with E-state index < -0.39 is 11.8 Å². The van der Waals surface area contributed by atoms with Gasteiger partial charge in [-0.05, 0) is 0 Å². The Morgan fingerprint density at radius 1 is 0.444 bits per heavy atom. The molecule has 0 unspecified atom stereocenters. The Hall–Kier alpha value is -2.66. The van der Waals surface area contributed by atoms with Crippen LogP contribution in [0.15, 0.2) is 12.2 Å². The van der Waals surface area contributed by atoms with Crippen LogP contribution < -0.4 is 5.32 Å². The van der Waals surface area contributed by atoms with E-state index in [-0.39, 0.29) is 31.3 Å². The van der Waals surface area contributed by atoms with E-state index in [4.69, 9.17) is 56.8 Å². The molecule has 1 aliphatic heterocycles. The van der Waals surface area contributed by atoms with Gasteiger partial charge in [0.2, 0.25) is 5.91 Å². The molecule has 0 aliphatic carbocycles. The van der Waals surface area contributed by atoms with E-state index in [2.05, 4.69) is 10.1 Å². The van der Waals surface area contributed by atoms with Gasteiger partial charge in [0.1, 0.15) is 0 Å². The van der Waals surface area contributed by atoms with Crippen molar-refractivity contribution in [3.8, 4) is 0 Å². The Morgan fingerprint density at radius 2 is 0.722 bits per heavy atom. The van der Waals surface area contributed by atoms with Crippen molar-refractivity contribution in [1.29, 1.82) is 0 Å². The summed E-state index contributed by atoms with van der Waals surface area (Å²) >= 11 is 0. The van der Waals surface area contributed by atoms with Crippen LogP contribution in [0, 0.1) is 0 Å². The summed E-state index contributed by atoms with van der Waals surface area (Å²) in [5.41, 5.74) is 0. The second kappa shape index (κ2) is 38.6. The summed E-state index contributed by atoms with van der Waals surface area (Å²) in [7, 11) is 1.35. The number of ether oxygens (including phenoxy) is 13. The number of nitrogens with zero attached hydrogens (tertiary/aromatic N) is 1. The number of imide groups is 1. The Morgan fingerprint density at radius 3 is 1.02 bits per heavy atom. The van der Waals surface area contributed by atoms with Gasteiger partial charge in [-0.15, -0.1) is 0 Å². The third kappa shape index (κ3) is 32.7. The zero-order valence-corrected chi connectivity index (χ0v) is 31.8. The summed E-state index contributed by atoms with van der Waals surface area (Å²) in [5.74, 6) is -1.35. The van der Waals surface area contributed by atoms with E-state index in [1.807, 2.05) is 0 Å². The van der Waals surface area contributed by atoms with Crippen LogP contribution in [0.5, 0.6) is 0 Å². The van der Waals surface area contributed by atoms with E-state index in [1.54, 1.807) is 0 Å². The Bertz CT molecular complexity index is 941. The molecular weight excluding hydrogens is 720 g/mol. The molecule has 1 heterocycles. The fraction of sp³-hybridized carbons (Fsp3) is 0.829. The number of rotatable bonds is 42. The van der Waals surface area contributed by atoms with Gasteiger partial charge < -0.3 is 66.9 Å². The molecule has 1 N–H and O–H groups in total. The molecule has 0 atom stereocenters. The van der Waals surface area contributed by atoms with Gasteiger partial charge in [0.05, 0.1) is 172 Å². The Kier molecular flexibility index (Phi) is 35.3. The predicted molar refractivity (Wildman–Crippen MR) is 190 cm³/mol. The van der Waals surface area contributed by atoms with E-state index in [0.717, 1.165) is 4.90 Å². The second-order valence-electron chi connectivity index (χ2n) is 10.9. The SMILES string of the molecule is COC(=O)CCOCCOCCOCCOCCOCCOCCOCCOCCOCCOCCOCCOCCNC(=O)CCN1C(=O)C=CC1=O. The van der Waals surface area contributed by atoms with Gasteiger partial charge in [-0.2, -0.15) is 0 Å². The molecule has 0 aromatic heterocycles. The van der Waals surface area contributed by atoms with Crippen molar-refractivity contribution in [2.75, 3.05) is 179 Å². The molecule has 1 rings (SSSR count). The van der Waals surface area contributed by atoms with Crippen LogP contribution >= 0.6 is 0 Å². The Balaban J connectivity index is 1.64. The van der Waals surface area contributed by atoms with Crippen molar-refractivity contribution in [1.82, 2.24) is 10.2 Å². The number of esters is 1. The first-order valence-corrected chi connectivity index (χ1v) is 18.3. The summed E-state index contributed by atoms with van der Waals surface area (Å²) in [5, 5.41) is 2.68. The number of carbonyl (C=O) groups is 4. The van der Waals surface area contributed by atoms with Gasteiger partial charge >= 0.3 is 5.97 Å². The smallest absolute Gasteiger partial charge is 0.307 e.